The number of amides is 1. The summed E-state index contributed by atoms with van der Waals surface area (Å²) in [5, 5.41) is 10.8. The molecule has 0 spiro atoms. The highest BCUT2D eigenvalue weighted by Crippen LogP contribution is 2.27. The Morgan fingerprint density at radius 1 is 1.32 bits per heavy atom. The molecule has 1 N–H and O–H groups in total. The van der Waals surface area contributed by atoms with Gasteiger partial charge in [-0.1, -0.05) is 35.5 Å². The molecule has 1 aliphatic heterocycles. The number of hydrogen-bond donors (Lipinski definition) is 1. The first-order valence-corrected chi connectivity index (χ1v) is 8.02. The van der Waals surface area contributed by atoms with Crippen LogP contribution in [0.1, 0.15) is 28.0 Å². The summed E-state index contributed by atoms with van der Waals surface area (Å²) in [6.07, 6.45) is 1.54. The minimum Gasteiger partial charge on any atom is -0.377 e. The third-order valence-electron chi connectivity index (χ3n) is 4.21. The number of aromatic nitrogens is 4. The maximum atomic E-state index is 12.9. The van der Waals surface area contributed by atoms with E-state index < -0.39 is 6.04 Å². The predicted octanol–water partition coefficient (Wildman–Crippen LogP) is 1.98. The van der Waals surface area contributed by atoms with Crippen LogP contribution in [0.3, 0.4) is 0 Å². The lowest BCUT2D eigenvalue weighted by atomic mass is 10.1. The lowest BCUT2D eigenvalue weighted by molar-refractivity contribution is -0.0119. The second-order valence-electron chi connectivity index (χ2n) is 5.82. The molecule has 1 unspecified atom stereocenters. The molecule has 1 saturated heterocycles. The molecule has 1 fully saturated rings. The van der Waals surface area contributed by atoms with Gasteiger partial charge >= 0.3 is 0 Å². The van der Waals surface area contributed by atoms with Gasteiger partial charge in [0.1, 0.15) is 6.04 Å². The van der Waals surface area contributed by atoms with Crippen LogP contribution in [-0.4, -0.2) is 50.9 Å². The number of carbonyl (C=O) groups excluding carboxylic acids is 1. The number of ether oxygens (including phenoxy) is 1. The molecule has 8 heteroatoms. The van der Waals surface area contributed by atoms with E-state index in [1.165, 1.54) is 6.20 Å². The fourth-order valence-electron chi connectivity index (χ4n) is 2.85. The molecule has 4 rings (SSSR count). The van der Waals surface area contributed by atoms with Crippen LogP contribution in [0.2, 0.25) is 0 Å². The molecule has 1 amide bonds. The first-order valence-electron chi connectivity index (χ1n) is 8.02. The molecule has 1 aliphatic rings. The first-order chi connectivity index (χ1) is 12.2. The van der Waals surface area contributed by atoms with Crippen molar-refractivity contribution in [2.45, 2.75) is 13.0 Å². The summed E-state index contributed by atoms with van der Waals surface area (Å²) in [6, 6.07) is 9.14. The largest absolute Gasteiger partial charge is 0.377 e. The van der Waals surface area contributed by atoms with Crippen molar-refractivity contribution >= 4 is 5.91 Å². The highest BCUT2D eigenvalue weighted by molar-refractivity contribution is 5.95. The minimum absolute atomic E-state index is 0.126. The Hall–Kier alpha value is -3.00. The molecule has 0 bridgehead atoms. The first kappa shape index (κ1) is 15.5. The Bertz CT molecular complexity index is 873. The van der Waals surface area contributed by atoms with Crippen molar-refractivity contribution in [2.75, 3.05) is 19.8 Å². The Kier molecular flexibility index (Phi) is 4.02. The third kappa shape index (κ3) is 2.91. The molecular formula is C17H17N5O3. The second-order valence-corrected chi connectivity index (χ2v) is 5.82. The summed E-state index contributed by atoms with van der Waals surface area (Å²) in [6.45, 7) is 3.06. The highest BCUT2D eigenvalue weighted by atomic mass is 16.5. The van der Waals surface area contributed by atoms with Gasteiger partial charge in [0.2, 0.25) is 5.82 Å². The van der Waals surface area contributed by atoms with E-state index in [-0.39, 0.29) is 5.91 Å². The number of rotatable bonds is 3. The monoisotopic (exact) mass is 339 g/mol. The van der Waals surface area contributed by atoms with Gasteiger partial charge in [-0.05, 0) is 6.92 Å². The van der Waals surface area contributed by atoms with Crippen molar-refractivity contribution in [1.29, 1.82) is 0 Å². The zero-order valence-corrected chi connectivity index (χ0v) is 13.7. The fourth-order valence-corrected chi connectivity index (χ4v) is 2.85. The Labute approximate surface area is 143 Å². The quantitative estimate of drug-likeness (QED) is 0.784. The summed E-state index contributed by atoms with van der Waals surface area (Å²) in [7, 11) is 0. The Balaban J connectivity index is 1.63. The number of morpholine rings is 1. The summed E-state index contributed by atoms with van der Waals surface area (Å²) >= 11 is 0. The smallest absolute Gasteiger partial charge is 0.258 e. The number of aromatic amines is 1. The molecule has 2 aromatic heterocycles. The molecule has 25 heavy (non-hydrogen) atoms. The standard InChI is InChI=1S/C17H17N5O3/c1-11-13(9-18-20-11)17(23)22-7-8-24-10-14(22)16-19-15(21-25-16)12-5-3-2-4-6-12/h2-6,9,14H,7-8,10H2,1H3,(H,18,20). The van der Waals surface area contributed by atoms with Crippen molar-refractivity contribution in [3.05, 3.63) is 53.7 Å². The van der Waals surface area contributed by atoms with E-state index in [0.717, 1.165) is 11.3 Å². The van der Waals surface area contributed by atoms with Gasteiger partial charge in [0.25, 0.3) is 11.8 Å². The van der Waals surface area contributed by atoms with Crippen LogP contribution in [0.25, 0.3) is 11.4 Å². The van der Waals surface area contributed by atoms with E-state index >= 15 is 0 Å². The summed E-state index contributed by atoms with van der Waals surface area (Å²) in [4.78, 5) is 19.0. The number of carbonyl (C=O) groups is 1. The zero-order chi connectivity index (χ0) is 17.2. The second kappa shape index (κ2) is 6.48. The molecule has 3 heterocycles. The van der Waals surface area contributed by atoms with Gasteiger partial charge in [-0.3, -0.25) is 9.89 Å². The number of hydrogen-bond acceptors (Lipinski definition) is 6. The maximum absolute atomic E-state index is 12.9. The summed E-state index contributed by atoms with van der Waals surface area (Å²) in [5.74, 6) is 0.736. The SMILES string of the molecule is Cc1[nH]ncc1C(=O)N1CCOCC1c1nc(-c2ccccc2)no1. The molecule has 128 valence electrons. The lowest BCUT2D eigenvalue weighted by Gasteiger charge is -2.33. The molecule has 8 nitrogen and oxygen atoms in total. The van der Waals surface area contributed by atoms with Crippen LogP contribution < -0.4 is 0 Å². The number of nitrogens with one attached hydrogen (secondary N) is 1. The number of benzene rings is 1. The van der Waals surface area contributed by atoms with Gasteiger partial charge < -0.3 is 14.2 Å². The molecular weight excluding hydrogens is 322 g/mol. The summed E-state index contributed by atoms with van der Waals surface area (Å²) < 4.78 is 11.0. The van der Waals surface area contributed by atoms with E-state index in [1.54, 1.807) is 4.90 Å². The third-order valence-corrected chi connectivity index (χ3v) is 4.21. The molecule has 0 aliphatic carbocycles. The van der Waals surface area contributed by atoms with Crippen LogP contribution in [0, 0.1) is 6.92 Å². The Morgan fingerprint density at radius 2 is 2.16 bits per heavy atom. The van der Waals surface area contributed by atoms with Gasteiger partial charge in [-0.25, -0.2) is 0 Å². The van der Waals surface area contributed by atoms with Crippen molar-refractivity contribution < 1.29 is 14.1 Å². The highest BCUT2D eigenvalue weighted by Gasteiger charge is 2.34. The number of H-pyrrole nitrogens is 1. The van der Waals surface area contributed by atoms with Crippen LogP contribution in [-0.2, 0) is 4.74 Å². The molecule has 1 aromatic carbocycles. The average Bonchev–Trinajstić information content (AvgIpc) is 3.31. The van der Waals surface area contributed by atoms with Crippen LogP contribution in [0.15, 0.2) is 41.1 Å². The number of nitrogens with zero attached hydrogens (tertiary/aromatic N) is 4. The molecule has 1 atom stereocenters. The van der Waals surface area contributed by atoms with Crippen LogP contribution in [0.4, 0.5) is 0 Å². The molecule has 3 aromatic rings. The van der Waals surface area contributed by atoms with E-state index in [4.69, 9.17) is 9.26 Å². The van der Waals surface area contributed by atoms with Crippen molar-refractivity contribution in [1.82, 2.24) is 25.2 Å². The van der Waals surface area contributed by atoms with E-state index in [2.05, 4.69) is 20.3 Å². The van der Waals surface area contributed by atoms with Crippen LogP contribution in [0.5, 0.6) is 0 Å². The predicted molar refractivity (Wildman–Crippen MR) is 87.7 cm³/mol. The topological polar surface area (TPSA) is 97.1 Å². The lowest BCUT2D eigenvalue weighted by Crippen LogP contribution is -2.43. The number of aryl methyl sites for hydroxylation is 1. The average molecular weight is 339 g/mol. The van der Waals surface area contributed by atoms with Crippen LogP contribution >= 0.6 is 0 Å². The maximum Gasteiger partial charge on any atom is 0.258 e. The van der Waals surface area contributed by atoms with Gasteiger partial charge in [0.05, 0.1) is 25.0 Å². The van der Waals surface area contributed by atoms with Crippen molar-refractivity contribution in [3.8, 4) is 11.4 Å². The van der Waals surface area contributed by atoms with E-state index in [1.807, 2.05) is 37.3 Å². The minimum atomic E-state index is -0.416. The van der Waals surface area contributed by atoms with Gasteiger partial charge in [-0.2, -0.15) is 10.1 Å². The normalized spacial score (nSPS) is 17.6. The van der Waals surface area contributed by atoms with E-state index in [9.17, 15) is 4.79 Å². The van der Waals surface area contributed by atoms with Gasteiger partial charge in [0.15, 0.2) is 0 Å². The fraction of sp³-hybridized carbons (Fsp3) is 0.294. The van der Waals surface area contributed by atoms with Gasteiger partial charge in [0, 0.05) is 17.8 Å². The van der Waals surface area contributed by atoms with Gasteiger partial charge in [-0.15, -0.1) is 0 Å². The van der Waals surface area contributed by atoms with E-state index in [0.29, 0.717) is 37.0 Å². The molecule has 0 radical (unpaired) electrons. The van der Waals surface area contributed by atoms with Crippen molar-refractivity contribution in [2.24, 2.45) is 0 Å². The Morgan fingerprint density at radius 3 is 2.92 bits per heavy atom. The zero-order valence-electron chi connectivity index (χ0n) is 13.7. The molecule has 0 saturated carbocycles. The summed E-state index contributed by atoms with van der Waals surface area (Å²) in [5.41, 5.74) is 2.12. The van der Waals surface area contributed by atoms with Crippen molar-refractivity contribution in [3.63, 3.8) is 0 Å².